The van der Waals surface area contributed by atoms with Gasteiger partial charge in [0.1, 0.15) is 5.75 Å². The minimum Gasteiger partial charge on any atom is -0.480 e. The first-order valence-corrected chi connectivity index (χ1v) is 8.46. The van der Waals surface area contributed by atoms with Gasteiger partial charge in [-0.05, 0) is 53.3 Å². The Labute approximate surface area is 154 Å². The highest BCUT2D eigenvalue weighted by Gasteiger charge is 2.29. The maximum absolute atomic E-state index is 12.4. The van der Waals surface area contributed by atoms with Crippen LogP contribution in [-0.2, 0) is 30.8 Å². The zero-order valence-electron chi connectivity index (χ0n) is 14.5. The van der Waals surface area contributed by atoms with Gasteiger partial charge in [0, 0.05) is 26.1 Å². The van der Waals surface area contributed by atoms with Crippen molar-refractivity contribution in [2.45, 2.75) is 46.0 Å². The second-order valence-electron chi connectivity index (χ2n) is 6.78. The lowest BCUT2D eigenvalue weighted by Crippen LogP contribution is -2.37. The standard InChI is InChI=1S/C20H22N2O2.ClH/c1-12-5-16-8-19(24-18(16)6-13(12)2)20(23)22-9-14-3-4-15-10-21-11-17(15)7-14;/h3-7,19,21H,8-11H2,1-2H3,(H,22,23);1H. The molecule has 4 nitrogen and oxygen atoms in total. The summed E-state index contributed by atoms with van der Waals surface area (Å²) in [6.45, 7) is 6.55. The van der Waals surface area contributed by atoms with Gasteiger partial charge in [0.05, 0.1) is 0 Å². The third-order valence-corrected chi connectivity index (χ3v) is 5.01. The van der Waals surface area contributed by atoms with Crippen LogP contribution >= 0.6 is 12.4 Å². The summed E-state index contributed by atoms with van der Waals surface area (Å²) in [6.07, 6.45) is 0.230. The SMILES string of the molecule is Cc1cc2c(cc1C)OC(C(=O)NCc1ccc3c(c1)CNC3)C2.Cl. The Morgan fingerprint density at radius 3 is 2.72 bits per heavy atom. The molecule has 0 aromatic heterocycles. The molecule has 0 saturated carbocycles. The number of carbonyl (C=O) groups excluding carboxylic acids is 1. The van der Waals surface area contributed by atoms with E-state index < -0.39 is 6.10 Å². The molecule has 0 saturated heterocycles. The molecule has 1 amide bonds. The molecule has 0 radical (unpaired) electrons. The lowest BCUT2D eigenvalue weighted by molar-refractivity contribution is -0.127. The van der Waals surface area contributed by atoms with Crippen molar-refractivity contribution in [2.24, 2.45) is 0 Å². The van der Waals surface area contributed by atoms with E-state index in [9.17, 15) is 4.79 Å². The molecule has 1 atom stereocenters. The average molecular weight is 359 g/mol. The molecule has 4 rings (SSSR count). The van der Waals surface area contributed by atoms with Crippen molar-refractivity contribution in [1.29, 1.82) is 0 Å². The highest BCUT2D eigenvalue weighted by atomic mass is 35.5. The number of nitrogens with one attached hydrogen (secondary N) is 2. The fraction of sp³-hybridized carbons (Fsp3) is 0.350. The van der Waals surface area contributed by atoms with Crippen LogP contribution in [0.4, 0.5) is 0 Å². The summed E-state index contributed by atoms with van der Waals surface area (Å²) in [5.74, 6) is 0.807. The van der Waals surface area contributed by atoms with Gasteiger partial charge >= 0.3 is 0 Å². The maximum atomic E-state index is 12.4. The molecule has 0 bridgehead atoms. The first kappa shape index (κ1) is 17.8. The predicted molar refractivity (Wildman–Crippen MR) is 100 cm³/mol. The molecule has 132 valence electrons. The molecule has 25 heavy (non-hydrogen) atoms. The molecule has 0 aliphatic carbocycles. The van der Waals surface area contributed by atoms with Gasteiger partial charge in [-0.25, -0.2) is 0 Å². The van der Waals surface area contributed by atoms with E-state index in [1.54, 1.807) is 0 Å². The zero-order valence-corrected chi connectivity index (χ0v) is 15.3. The van der Waals surface area contributed by atoms with E-state index in [-0.39, 0.29) is 18.3 Å². The van der Waals surface area contributed by atoms with E-state index in [0.29, 0.717) is 13.0 Å². The maximum Gasteiger partial charge on any atom is 0.261 e. The highest BCUT2D eigenvalue weighted by molar-refractivity contribution is 5.85. The Bertz CT molecular complexity index is 789. The third kappa shape index (κ3) is 3.51. The molecule has 2 heterocycles. The minimum absolute atomic E-state index is 0. The van der Waals surface area contributed by atoms with Crippen molar-refractivity contribution in [3.63, 3.8) is 0 Å². The van der Waals surface area contributed by atoms with E-state index in [1.165, 1.54) is 22.3 Å². The molecule has 2 N–H and O–H groups in total. The second kappa shape index (κ2) is 7.06. The number of fused-ring (bicyclic) bond motifs is 2. The molecule has 2 aliphatic rings. The number of carbonyl (C=O) groups is 1. The first-order valence-electron chi connectivity index (χ1n) is 8.46. The van der Waals surface area contributed by atoms with Crippen LogP contribution in [0.5, 0.6) is 5.75 Å². The number of amides is 1. The smallest absolute Gasteiger partial charge is 0.261 e. The largest absolute Gasteiger partial charge is 0.480 e. The fourth-order valence-electron chi connectivity index (χ4n) is 3.42. The molecule has 2 aromatic carbocycles. The van der Waals surface area contributed by atoms with Crippen LogP contribution < -0.4 is 15.4 Å². The Kier molecular flexibility index (Phi) is 5.02. The number of benzene rings is 2. The van der Waals surface area contributed by atoms with Crippen LogP contribution in [0.15, 0.2) is 30.3 Å². The number of ether oxygens (including phenoxy) is 1. The second-order valence-corrected chi connectivity index (χ2v) is 6.78. The van der Waals surface area contributed by atoms with Crippen molar-refractivity contribution < 1.29 is 9.53 Å². The van der Waals surface area contributed by atoms with E-state index in [2.05, 4.69) is 48.7 Å². The lowest BCUT2D eigenvalue weighted by atomic mass is 10.0. The van der Waals surface area contributed by atoms with Crippen molar-refractivity contribution >= 4 is 18.3 Å². The molecule has 2 aliphatic heterocycles. The number of halogens is 1. The van der Waals surface area contributed by atoms with Crippen molar-refractivity contribution in [3.05, 3.63) is 63.7 Å². The van der Waals surface area contributed by atoms with Crippen LogP contribution in [0.3, 0.4) is 0 Å². The molecular weight excluding hydrogens is 336 g/mol. The molecule has 0 spiro atoms. The van der Waals surface area contributed by atoms with Crippen LogP contribution in [0.25, 0.3) is 0 Å². The first-order chi connectivity index (χ1) is 11.6. The monoisotopic (exact) mass is 358 g/mol. The molecule has 5 heteroatoms. The lowest BCUT2D eigenvalue weighted by Gasteiger charge is -2.12. The van der Waals surface area contributed by atoms with Crippen molar-refractivity contribution in [1.82, 2.24) is 10.6 Å². The van der Waals surface area contributed by atoms with Crippen LogP contribution in [0, 0.1) is 13.8 Å². The summed E-state index contributed by atoms with van der Waals surface area (Å²) in [5.41, 5.74) is 7.38. The fourth-order valence-corrected chi connectivity index (χ4v) is 3.42. The van der Waals surface area contributed by atoms with Crippen molar-refractivity contribution in [3.8, 4) is 5.75 Å². The Morgan fingerprint density at radius 1 is 1.12 bits per heavy atom. The van der Waals surface area contributed by atoms with E-state index >= 15 is 0 Å². The third-order valence-electron chi connectivity index (χ3n) is 5.01. The summed E-state index contributed by atoms with van der Waals surface area (Å²) in [7, 11) is 0. The Hall–Kier alpha value is -2.04. The summed E-state index contributed by atoms with van der Waals surface area (Å²) < 4.78 is 5.84. The summed E-state index contributed by atoms with van der Waals surface area (Å²) in [6, 6.07) is 10.6. The summed E-state index contributed by atoms with van der Waals surface area (Å²) >= 11 is 0. The average Bonchev–Trinajstić information content (AvgIpc) is 3.19. The number of hydrogen-bond acceptors (Lipinski definition) is 3. The van der Waals surface area contributed by atoms with Gasteiger partial charge in [0.25, 0.3) is 5.91 Å². The Balaban J connectivity index is 0.00000182. The van der Waals surface area contributed by atoms with E-state index in [1.807, 2.05) is 6.07 Å². The predicted octanol–water partition coefficient (Wildman–Crippen LogP) is 2.95. The highest BCUT2D eigenvalue weighted by Crippen LogP contribution is 2.31. The van der Waals surface area contributed by atoms with Gasteiger partial charge in [-0.2, -0.15) is 0 Å². The van der Waals surface area contributed by atoms with Crippen LogP contribution in [0.2, 0.25) is 0 Å². The molecule has 0 fully saturated rings. The van der Waals surface area contributed by atoms with E-state index in [4.69, 9.17) is 4.74 Å². The van der Waals surface area contributed by atoms with Gasteiger partial charge in [0.15, 0.2) is 6.10 Å². The van der Waals surface area contributed by atoms with E-state index in [0.717, 1.165) is 30.0 Å². The number of hydrogen-bond donors (Lipinski definition) is 2. The quantitative estimate of drug-likeness (QED) is 0.887. The topological polar surface area (TPSA) is 50.4 Å². The molecule has 2 aromatic rings. The van der Waals surface area contributed by atoms with Crippen LogP contribution in [0.1, 0.15) is 33.4 Å². The number of aryl methyl sites for hydroxylation is 2. The molecular formula is C20H23ClN2O2. The summed E-state index contributed by atoms with van der Waals surface area (Å²) in [4.78, 5) is 12.4. The van der Waals surface area contributed by atoms with Gasteiger partial charge in [-0.15, -0.1) is 12.4 Å². The van der Waals surface area contributed by atoms with Gasteiger partial charge < -0.3 is 15.4 Å². The molecule has 1 unspecified atom stereocenters. The summed E-state index contributed by atoms with van der Waals surface area (Å²) in [5, 5.41) is 6.35. The Morgan fingerprint density at radius 2 is 1.88 bits per heavy atom. The van der Waals surface area contributed by atoms with Gasteiger partial charge in [0.2, 0.25) is 0 Å². The number of rotatable bonds is 3. The van der Waals surface area contributed by atoms with Crippen molar-refractivity contribution in [2.75, 3.05) is 0 Å². The van der Waals surface area contributed by atoms with Crippen LogP contribution in [-0.4, -0.2) is 12.0 Å². The normalized spacial score (nSPS) is 17.3. The van der Waals surface area contributed by atoms with Gasteiger partial charge in [-0.3, -0.25) is 4.79 Å². The zero-order chi connectivity index (χ0) is 16.7. The minimum atomic E-state index is -0.419. The van der Waals surface area contributed by atoms with Gasteiger partial charge in [-0.1, -0.05) is 24.3 Å².